The average Bonchev–Trinajstić information content (AvgIpc) is 2.75. The number of hydrogen-bond donors (Lipinski definition) is 1. The van der Waals surface area contributed by atoms with E-state index in [-0.39, 0.29) is 5.41 Å². The summed E-state index contributed by atoms with van der Waals surface area (Å²) in [5, 5.41) is 11.2. The molecule has 0 radical (unpaired) electrons. The number of rotatable bonds is 5. The molecule has 1 N–H and O–H groups in total. The van der Waals surface area contributed by atoms with Crippen LogP contribution in [0.4, 0.5) is 0 Å². The van der Waals surface area contributed by atoms with Crippen LogP contribution in [-0.4, -0.2) is 24.9 Å². The van der Waals surface area contributed by atoms with Gasteiger partial charge >= 0.3 is 0 Å². The Morgan fingerprint density at radius 3 is 2.48 bits per heavy atom. The van der Waals surface area contributed by atoms with Gasteiger partial charge in [-0.3, -0.25) is 0 Å². The van der Waals surface area contributed by atoms with Crippen LogP contribution in [0.1, 0.15) is 71.8 Å². The first-order valence-corrected chi connectivity index (χ1v) is 11.8. The number of aliphatic hydroxyl groups excluding tert-OH is 1. The molecule has 1 aromatic rings. The molecule has 3 nitrogen and oxygen atoms in total. The van der Waals surface area contributed by atoms with Crippen molar-refractivity contribution in [3.63, 3.8) is 0 Å². The van der Waals surface area contributed by atoms with Crippen molar-refractivity contribution in [2.75, 3.05) is 13.7 Å². The Hall–Kier alpha value is -1.84. The van der Waals surface area contributed by atoms with Crippen LogP contribution in [0.25, 0.3) is 0 Å². The summed E-state index contributed by atoms with van der Waals surface area (Å²) in [6, 6.07) is 8.05. The van der Waals surface area contributed by atoms with E-state index < -0.39 is 6.10 Å². The van der Waals surface area contributed by atoms with Crippen molar-refractivity contribution < 1.29 is 14.6 Å². The Kier molecular flexibility index (Phi) is 8.18. The maximum absolute atomic E-state index is 11.2. The van der Waals surface area contributed by atoms with Gasteiger partial charge in [0.1, 0.15) is 5.75 Å². The Bertz CT molecular complexity index is 830. The van der Waals surface area contributed by atoms with Crippen molar-refractivity contribution in [2.45, 2.75) is 78.9 Å². The zero-order valence-corrected chi connectivity index (χ0v) is 20.0. The van der Waals surface area contributed by atoms with Gasteiger partial charge in [0.05, 0.1) is 26.4 Å². The molecule has 0 aliphatic heterocycles. The summed E-state index contributed by atoms with van der Waals surface area (Å²) in [5.74, 6) is 1.43. The highest BCUT2D eigenvalue weighted by Crippen LogP contribution is 2.49. The van der Waals surface area contributed by atoms with Gasteiger partial charge in [-0.2, -0.15) is 0 Å². The van der Waals surface area contributed by atoms with E-state index in [9.17, 15) is 5.11 Å². The lowest BCUT2D eigenvalue weighted by Gasteiger charge is -2.44. The summed E-state index contributed by atoms with van der Waals surface area (Å²) in [4.78, 5) is 0. The zero-order valence-electron chi connectivity index (χ0n) is 20.0. The number of hydrogen-bond acceptors (Lipinski definition) is 3. The van der Waals surface area contributed by atoms with Gasteiger partial charge in [-0.15, -0.1) is 0 Å². The highest BCUT2D eigenvalue weighted by molar-refractivity contribution is 5.33. The average molecular weight is 425 g/mol. The first-order chi connectivity index (χ1) is 14.8. The number of benzene rings is 1. The molecular formula is C28H40O3. The molecule has 2 aliphatic rings. The van der Waals surface area contributed by atoms with Gasteiger partial charge in [-0.05, 0) is 92.5 Å². The molecule has 0 amide bonds. The summed E-state index contributed by atoms with van der Waals surface area (Å²) < 4.78 is 11.5. The molecule has 0 heterocycles. The van der Waals surface area contributed by atoms with Crippen molar-refractivity contribution in [1.29, 1.82) is 0 Å². The zero-order chi connectivity index (χ0) is 22.4. The molecule has 3 heteroatoms. The molecular weight excluding hydrogens is 384 g/mol. The molecule has 1 aromatic carbocycles. The van der Waals surface area contributed by atoms with E-state index in [2.05, 4.69) is 52.0 Å². The van der Waals surface area contributed by atoms with Gasteiger partial charge < -0.3 is 14.6 Å². The van der Waals surface area contributed by atoms with E-state index >= 15 is 0 Å². The van der Waals surface area contributed by atoms with Crippen molar-refractivity contribution in [3.05, 3.63) is 64.3 Å². The van der Waals surface area contributed by atoms with E-state index in [1.165, 1.54) is 22.3 Å². The molecule has 0 unspecified atom stereocenters. The molecule has 170 valence electrons. The molecule has 2 bridgehead atoms. The maximum Gasteiger partial charge on any atom is 0.118 e. The Balaban J connectivity index is 1.88. The van der Waals surface area contributed by atoms with Crippen LogP contribution >= 0.6 is 0 Å². The molecule has 0 fully saturated rings. The van der Waals surface area contributed by atoms with E-state index in [0.717, 1.165) is 49.8 Å². The third-order valence-corrected chi connectivity index (χ3v) is 7.56. The minimum Gasteiger partial charge on any atom is -0.497 e. The van der Waals surface area contributed by atoms with Gasteiger partial charge in [0.15, 0.2) is 0 Å². The SMILES string of the molecule is COc1ccc(COCC2=C3CC[C@@H](C)[C@]2(C)CC/C(C)=C/CC/C(C)=C/[C@@H]3O)cc1. The van der Waals surface area contributed by atoms with Gasteiger partial charge in [0.25, 0.3) is 0 Å². The number of aliphatic hydroxyl groups is 1. The number of methoxy groups -OCH3 is 1. The molecule has 31 heavy (non-hydrogen) atoms. The lowest BCUT2D eigenvalue weighted by molar-refractivity contribution is 0.0974. The van der Waals surface area contributed by atoms with E-state index in [1.54, 1.807) is 7.11 Å². The largest absolute Gasteiger partial charge is 0.497 e. The van der Waals surface area contributed by atoms with Crippen LogP contribution in [0.3, 0.4) is 0 Å². The fourth-order valence-electron chi connectivity index (χ4n) is 5.04. The number of ether oxygens (including phenoxy) is 2. The lowest BCUT2D eigenvalue weighted by atomic mass is 9.61. The smallest absolute Gasteiger partial charge is 0.118 e. The van der Waals surface area contributed by atoms with Gasteiger partial charge in [-0.1, -0.05) is 49.3 Å². The van der Waals surface area contributed by atoms with E-state index in [4.69, 9.17) is 9.47 Å². The Labute approximate surface area is 188 Å². The standard InChI is InChI=1S/C28H40O3/c1-20-7-6-8-21(2)17-27(29)25-14-9-22(3)28(4,16-15-20)26(25)19-31-18-23-10-12-24(30-5)13-11-23/h7,10-13,17,22,27,29H,6,8-9,14-16,18-19H2,1-5H3/b20-7+,21-17+/t22-,27+,28+/m1/s1. The van der Waals surface area contributed by atoms with Crippen molar-refractivity contribution in [1.82, 2.24) is 0 Å². The Morgan fingerprint density at radius 1 is 1.03 bits per heavy atom. The van der Waals surface area contributed by atoms with Crippen molar-refractivity contribution in [3.8, 4) is 5.75 Å². The van der Waals surface area contributed by atoms with Gasteiger partial charge in [0, 0.05) is 0 Å². The second kappa shape index (κ2) is 10.7. The second-order valence-electron chi connectivity index (χ2n) is 9.75. The summed E-state index contributed by atoms with van der Waals surface area (Å²) in [5.41, 5.74) is 6.45. The summed E-state index contributed by atoms with van der Waals surface area (Å²) in [6.07, 6.45) is 10.3. The Morgan fingerprint density at radius 2 is 1.77 bits per heavy atom. The fourth-order valence-corrected chi connectivity index (χ4v) is 5.04. The van der Waals surface area contributed by atoms with Crippen LogP contribution in [0.15, 0.2) is 58.7 Å². The fraction of sp³-hybridized carbons (Fsp3) is 0.571. The van der Waals surface area contributed by atoms with Crippen LogP contribution in [0.2, 0.25) is 0 Å². The van der Waals surface area contributed by atoms with Crippen molar-refractivity contribution in [2.24, 2.45) is 11.3 Å². The van der Waals surface area contributed by atoms with Crippen LogP contribution in [-0.2, 0) is 11.3 Å². The van der Waals surface area contributed by atoms with Crippen LogP contribution in [0, 0.1) is 11.3 Å². The normalized spacial score (nSPS) is 31.0. The summed E-state index contributed by atoms with van der Waals surface area (Å²) in [6.45, 7) is 10.3. The van der Waals surface area contributed by atoms with Crippen LogP contribution < -0.4 is 4.74 Å². The minimum atomic E-state index is -0.504. The molecule has 3 rings (SSSR count). The molecule has 0 aromatic heterocycles. The molecule has 0 saturated heterocycles. The van der Waals surface area contributed by atoms with Gasteiger partial charge in [0.2, 0.25) is 0 Å². The van der Waals surface area contributed by atoms with Gasteiger partial charge in [-0.25, -0.2) is 0 Å². The number of allylic oxidation sites excluding steroid dienone is 3. The lowest BCUT2D eigenvalue weighted by Crippen LogP contribution is -2.36. The maximum atomic E-state index is 11.2. The quantitative estimate of drug-likeness (QED) is 0.530. The van der Waals surface area contributed by atoms with E-state index in [1.807, 2.05) is 12.1 Å². The molecule has 0 spiro atoms. The highest BCUT2D eigenvalue weighted by Gasteiger charge is 2.40. The monoisotopic (exact) mass is 424 g/mol. The molecule has 0 saturated carbocycles. The third-order valence-electron chi connectivity index (χ3n) is 7.56. The predicted octanol–water partition coefficient (Wildman–Crippen LogP) is 6.77. The summed E-state index contributed by atoms with van der Waals surface area (Å²) >= 11 is 0. The van der Waals surface area contributed by atoms with Crippen LogP contribution in [0.5, 0.6) is 5.75 Å². The summed E-state index contributed by atoms with van der Waals surface area (Å²) in [7, 11) is 1.68. The first kappa shape index (κ1) is 23.8. The first-order valence-electron chi connectivity index (χ1n) is 11.8. The highest BCUT2D eigenvalue weighted by atomic mass is 16.5. The second-order valence-corrected chi connectivity index (χ2v) is 9.75. The third kappa shape index (κ3) is 5.90. The number of fused-ring (bicyclic) bond motifs is 1. The minimum absolute atomic E-state index is 0.0461. The molecule has 3 atom stereocenters. The molecule has 2 aliphatic carbocycles. The van der Waals surface area contributed by atoms with Crippen molar-refractivity contribution >= 4 is 0 Å². The topological polar surface area (TPSA) is 38.7 Å². The predicted molar refractivity (Wildman–Crippen MR) is 128 cm³/mol. The van der Waals surface area contributed by atoms with E-state index in [0.29, 0.717) is 19.1 Å².